The van der Waals surface area contributed by atoms with Gasteiger partial charge in [-0.15, -0.1) is 0 Å². The number of hydrogen-bond acceptors (Lipinski definition) is 1. The van der Waals surface area contributed by atoms with Gasteiger partial charge in [-0.1, -0.05) is 0 Å². The fourth-order valence-electron chi connectivity index (χ4n) is 2.10. The van der Waals surface area contributed by atoms with Crippen LogP contribution in [0.25, 0.3) is 0 Å². The Morgan fingerprint density at radius 1 is 1.00 bits per heavy atom. The van der Waals surface area contributed by atoms with Crippen molar-refractivity contribution in [2.75, 3.05) is 13.1 Å². The molecule has 0 aromatic carbocycles. The maximum absolute atomic E-state index is 2.64. The second kappa shape index (κ2) is 4.73. The molecule has 0 aromatic rings. The molecular weight excluding hydrogens is 204 g/mol. The van der Waals surface area contributed by atoms with E-state index in [1.807, 2.05) is 0 Å². The molecule has 0 N–H and O–H groups in total. The van der Waals surface area contributed by atoms with Gasteiger partial charge in [0.2, 0.25) is 0 Å². The molecule has 0 unspecified atom stereocenters. The van der Waals surface area contributed by atoms with E-state index in [2.05, 4.69) is 32.6 Å². The Kier molecular flexibility index (Phi) is 4.21. The van der Waals surface area contributed by atoms with Crippen LogP contribution in [0, 0.1) is 0 Å². The van der Waals surface area contributed by atoms with Gasteiger partial charge in [0.15, 0.2) is 0 Å². The van der Waals surface area contributed by atoms with E-state index in [-0.39, 0.29) is 0 Å². The van der Waals surface area contributed by atoms with Crippen molar-refractivity contribution >= 4 is 16.2 Å². The molecule has 1 heterocycles. The fourth-order valence-corrected chi connectivity index (χ4v) is 8.29. The Morgan fingerprint density at radius 3 is 1.83 bits per heavy atom. The summed E-state index contributed by atoms with van der Waals surface area (Å²) in [6.45, 7) is 12.3. The average molecular weight is 226 g/mol. The van der Waals surface area contributed by atoms with Crippen LogP contribution in [0.5, 0.6) is 0 Å². The number of nitrogens with zero attached hydrogens (tertiary/aromatic N) is 1. The van der Waals surface area contributed by atoms with Gasteiger partial charge < -0.3 is 0 Å². The van der Waals surface area contributed by atoms with Crippen molar-refractivity contribution < 1.29 is 0 Å². The van der Waals surface area contributed by atoms with Crippen molar-refractivity contribution in [2.24, 2.45) is 0 Å². The summed E-state index contributed by atoms with van der Waals surface area (Å²) in [5.74, 6) is 0. The van der Waals surface area contributed by atoms with Gasteiger partial charge in [-0.3, -0.25) is 0 Å². The van der Waals surface area contributed by atoms with Crippen molar-refractivity contribution in [1.82, 2.24) is 4.90 Å². The second-order valence-electron chi connectivity index (χ2n) is 4.71. The zero-order valence-electron chi connectivity index (χ0n) is 9.01. The van der Waals surface area contributed by atoms with Crippen LogP contribution in [0.1, 0.15) is 27.7 Å². The van der Waals surface area contributed by atoms with Crippen LogP contribution in [0.4, 0.5) is 0 Å². The summed E-state index contributed by atoms with van der Waals surface area (Å²) in [5, 5.41) is 0. The van der Waals surface area contributed by atoms with Crippen molar-refractivity contribution in [3.8, 4) is 0 Å². The fraction of sp³-hybridized carbons (Fsp3) is 1.00. The van der Waals surface area contributed by atoms with E-state index in [1.165, 1.54) is 13.1 Å². The molecule has 2 heteroatoms. The summed E-state index contributed by atoms with van der Waals surface area (Å²) in [5.41, 5.74) is 0. The third-order valence-corrected chi connectivity index (χ3v) is 11.4. The first-order valence-electron chi connectivity index (χ1n) is 5.35. The zero-order chi connectivity index (χ0) is 9.14. The van der Waals surface area contributed by atoms with E-state index in [0.29, 0.717) is 0 Å². The first-order valence-corrected chi connectivity index (χ1v) is 10.2. The standard InChI is InChI=1S/C7H15N.C3H7.Ga/c1-5-8(6-2)7(3)4;1-3-2;/h7H,1-2,5-6H2,3-4H3;3H,1-2H3;. The summed E-state index contributed by atoms with van der Waals surface area (Å²) in [7, 11) is 0. The van der Waals surface area contributed by atoms with Crippen molar-refractivity contribution in [1.29, 1.82) is 0 Å². The zero-order valence-corrected chi connectivity index (χ0v) is 11.4. The average Bonchev–Trinajstić information content (AvgIpc) is 2.04. The first-order chi connectivity index (χ1) is 5.61. The Labute approximate surface area is 82.6 Å². The Balaban J connectivity index is 2.30. The van der Waals surface area contributed by atoms with E-state index in [4.69, 9.17) is 0 Å². The van der Waals surface area contributed by atoms with Gasteiger partial charge in [0.25, 0.3) is 0 Å². The molecule has 0 spiro atoms. The van der Waals surface area contributed by atoms with Gasteiger partial charge in [0, 0.05) is 0 Å². The molecule has 1 saturated heterocycles. The third-order valence-electron chi connectivity index (χ3n) is 3.25. The van der Waals surface area contributed by atoms with Gasteiger partial charge in [0.05, 0.1) is 0 Å². The minimum absolute atomic E-state index is 0.778. The van der Waals surface area contributed by atoms with E-state index < -0.39 is 16.2 Å². The predicted octanol–water partition coefficient (Wildman–Crippen LogP) is 2.62. The van der Waals surface area contributed by atoms with Crippen LogP contribution in [-0.4, -0.2) is 40.2 Å². The van der Waals surface area contributed by atoms with Gasteiger partial charge in [-0.2, -0.15) is 0 Å². The van der Waals surface area contributed by atoms with Gasteiger partial charge in [0.1, 0.15) is 0 Å². The van der Waals surface area contributed by atoms with Gasteiger partial charge >= 0.3 is 82.4 Å². The molecule has 0 amide bonds. The van der Waals surface area contributed by atoms with Crippen LogP contribution in [0.2, 0.25) is 14.4 Å². The molecule has 12 heavy (non-hydrogen) atoms. The normalized spacial score (nSPS) is 21.0. The molecular formula is C10H22GaN. The summed E-state index contributed by atoms with van der Waals surface area (Å²) in [4.78, 5) is 5.84. The summed E-state index contributed by atoms with van der Waals surface area (Å²) >= 11 is -0.778. The molecule has 0 bridgehead atoms. The van der Waals surface area contributed by atoms with E-state index in [0.717, 1.165) is 10.5 Å². The predicted molar refractivity (Wildman–Crippen MR) is 57.2 cm³/mol. The molecule has 1 aliphatic rings. The van der Waals surface area contributed by atoms with E-state index in [9.17, 15) is 0 Å². The molecule has 1 rings (SSSR count). The molecule has 0 aliphatic carbocycles. The summed E-state index contributed by atoms with van der Waals surface area (Å²) in [6.07, 6.45) is 0. The molecule has 0 aromatic heterocycles. The Morgan fingerprint density at radius 2 is 1.50 bits per heavy atom. The maximum atomic E-state index is 2.64. The van der Waals surface area contributed by atoms with Gasteiger partial charge in [-0.05, 0) is 0 Å². The monoisotopic (exact) mass is 225 g/mol. The van der Waals surface area contributed by atoms with Crippen molar-refractivity contribution in [2.45, 2.75) is 48.2 Å². The van der Waals surface area contributed by atoms with Crippen LogP contribution in [0.15, 0.2) is 0 Å². The Hall–Kier alpha value is 0.596. The minimum atomic E-state index is -0.778. The number of rotatable bonds is 2. The molecule has 1 aliphatic heterocycles. The molecule has 0 radical (unpaired) electrons. The quantitative estimate of drug-likeness (QED) is 0.654. The Bertz CT molecular complexity index is 110. The summed E-state index contributed by atoms with van der Waals surface area (Å²) < 4.78 is 1.08. The molecule has 70 valence electrons. The molecule has 1 nitrogen and oxygen atoms in total. The van der Waals surface area contributed by atoms with E-state index in [1.54, 1.807) is 9.95 Å². The van der Waals surface area contributed by atoms with Crippen molar-refractivity contribution in [3.05, 3.63) is 0 Å². The third kappa shape index (κ3) is 2.82. The molecule has 0 atom stereocenters. The van der Waals surface area contributed by atoms with E-state index >= 15 is 0 Å². The van der Waals surface area contributed by atoms with Crippen LogP contribution >= 0.6 is 0 Å². The topological polar surface area (TPSA) is 3.24 Å². The second-order valence-corrected chi connectivity index (χ2v) is 13.1. The first kappa shape index (κ1) is 10.7. The molecule has 1 fully saturated rings. The molecule has 0 saturated carbocycles. The van der Waals surface area contributed by atoms with Gasteiger partial charge in [-0.25, -0.2) is 0 Å². The van der Waals surface area contributed by atoms with Crippen LogP contribution in [0.3, 0.4) is 0 Å². The van der Waals surface area contributed by atoms with Crippen LogP contribution < -0.4 is 0 Å². The summed E-state index contributed by atoms with van der Waals surface area (Å²) in [6, 6.07) is 0.778. The van der Waals surface area contributed by atoms with Crippen LogP contribution in [-0.2, 0) is 0 Å². The SMILES string of the molecule is CC(C)N1C[CH2][Ga]([CH](C)C)[CH2]C1. The van der Waals surface area contributed by atoms with Crippen molar-refractivity contribution in [3.63, 3.8) is 0 Å². The number of hydrogen-bond donors (Lipinski definition) is 0.